The Bertz CT molecular complexity index is 461. The first-order chi connectivity index (χ1) is 9.08. The molecule has 1 N–H and O–H groups in total. The predicted octanol–water partition coefficient (Wildman–Crippen LogP) is 4.10. The summed E-state index contributed by atoms with van der Waals surface area (Å²) in [6, 6.07) is 5.49. The number of aliphatic carboxylic acids is 1. The van der Waals surface area contributed by atoms with Crippen LogP contribution in [0.3, 0.4) is 0 Å². The zero-order valence-corrected chi connectivity index (χ0v) is 13.0. The Labute approximate surface area is 126 Å². The molecule has 1 heterocycles. The van der Waals surface area contributed by atoms with E-state index >= 15 is 0 Å². The van der Waals surface area contributed by atoms with Crippen molar-refractivity contribution in [3.05, 3.63) is 33.3 Å². The third kappa shape index (κ3) is 3.94. The van der Waals surface area contributed by atoms with E-state index in [1.165, 1.54) is 6.42 Å². The molecule has 1 atom stereocenters. The number of hydrogen-bond donors (Lipinski definition) is 1. The largest absolute Gasteiger partial charge is 0.481 e. The van der Waals surface area contributed by atoms with Crippen molar-refractivity contribution in [3.63, 3.8) is 0 Å². The summed E-state index contributed by atoms with van der Waals surface area (Å²) in [5, 5.41) is 9.81. The second-order valence-electron chi connectivity index (χ2n) is 4.88. The maximum absolute atomic E-state index is 11.1. The fourth-order valence-corrected chi connectivity index (χ4v) is 3.55. The van der Waals surface area contributed by atoms with Crippen molar-refractivity contribution in [2.75, 3.05) is 13.1 Å². The molecule has 0 radical (unpaired) electrons. The van der Waals surface area contributed by atoms with Gasteiger partial charge in [0.1, 0.15) is 0 Å². The first-order valence-corrected chi connectivity index (χ1v) is 7.66. The van der Waals surface area contributed by atoms with Crippen LogP contribution < -0.4 is 0 Å². The van der Waals surface area contributed by atoms with E-state index in [9.17, 15) is 4.79 Å². The van der Waals surface area contributed by atoms with E-state index in [0.29, 0.717) is 5.02 Å². The van der Waals surface area contributed by atoms with Crippen LogP contribution in [0.4, 0.5) is 0 Å². The van der Waals surface area contributed by atoms with Crippen LogP contribution in [0.1, 0.15) is 37.3 Å². The number of hydrogen-bond acceptors (Lipinski definition) is 2. The Morgan fingerprint density at radius 3 is 2.63 bits per heavy atom. The molecule has 1 unspecified atom stereocenters. The summed E-state index contributed by atoms with van der Waals surface area (Å²) in [7, 11) is 0. The lowest BCUT2D eigenvalue weighted by molar-refractivity contribution is -0.138. The summed E-state index contributed by atoms with van der Waals surface area (Å²) in [5.74, 6) is -0.766. The molecule has 0 spiro atoms. The molecule has 0 saturated carbocycles. The van der Waals surface area contributed by atoms with Gasteiger partial charge in [0.05, 0.1) is 6.42 Å². The summed E-state index contributed by atoms with van der Waals surface area (Å²) < 4.78 is 0.886. The van der Waals surface area contributed by atoms with Gasteiger partial charge in [-0.05, 0) is 43.6 Å². The molecule has 1 aromatic carbocycles. The van der Waals surface area contributed by atoms with Crippen LogP contribution >= 0.6 is 27.5 Å². The fourth-order valence-electron chi connectivity index (χ4n) is 2.60. The summed E-state index contributed by atoms with van der Waals surface area (Å²) in [6.07, 6.45) is 3.64. The maximum Gasteiger partial charge on any atom is 0.305 e. The molecule has 1 saturated heterocycles. The molecular weight excluding hydrogens is 330 g/mol. The number of likely N-dealkylation sites (tertiary alicyclic amines) is 1. The molecule has 19 heavy (non-hydrogen) atoms. The number of halogens is 2. The topological polar surface area (TPSA) is 40.5 Å². The average molecular weight is 347 g/mol. The Balaban J connectivity index is 2.27. The maximum atomic E-state index is 11.1. The van der Waals surface area contributed by atoms with E-state index in [4.69, 9.17) is 16.7 Å². The Morgan fingerprint density at radius 2 is 2.05 bits per heavy atom. The normalized spacial score (nSPS) is 18.2. The quantitative estimate of drug-likeness (QED) is 0.892. The number of carboxylic acid groups (broad SMARTS) is 1. The van der Waals surface area contributed by atoms with Gasteiger partial charge in [0.2, 0.25) is 0 Å². The van der Waals surface area contributed by atoms with Gasteiger partial charge in [0.15, 0.2) is 0 Å². The van der Waals surface area contributed by atoms with Crippen LogP contribution in [0.15, 0.2) is 22.7 Å². The summed E-state index contributed by atoms with van der Waals surface area (Å²) >= 11 is 9.45. The Hall–Kier alpha value is -0.580. The van der Waals surface area contributed by atoms with Crippen LogP contribution in [-0.2, 0) is 4.79 Å². The molecule has 0 aromatic heterocycles. The Kier molecular flexibility index (Phi) is 5.25. The van der Waals surface area contributed by atoms with Gasteiger partial charge in [0.25, 0.3) is 0 Å². The zero-order chi connectivity index (χ0) is 13.8. The van der Waals surface area contributed by atoms with Crippen LogP contribution in [0.2, 0.25) is 5.02 Å². The van der Waals surface area contributed by atoms with Gasteiger partial charge in [-0.2, -0.15) is 0 Å². The van der Waals surface area contributed by atoms with Crippen molar-refractivity contribution >= 4 is 33.5 Å². The minimum Gasteiger partial charge on any atom is -0.481 e. The third-order valence-electron chi connectivity index (χ3n) is 3.52. The van der Waals surface area contributed by atoms with Crippen LogP contribution in [-0.4, -0.2) is 29.1 Å². The molecule has 104 valence electrons. The number of nitrogens with zero attached hydrogens (tertiary/aromatic N) is 1. The van der Waals surface area contributed by atoms with Crippen molar-refractivity contribution in [3.8, 4) is 0 Å². The number of rotatable bonds is 4. The van der Waals surface area contributed by atoms with E-state index in [-0.39, 0.29) is 12.5 Å². The van der Waals surface area contributed by atoms with Crippen molar-refractivity contribution in [1.82, 2.24) is 4.90 Å². The second kappa shape index (κ2) is 6.73. The lowest BCUT2D eigenvalue weighted by Gasteiger charge is -2.34. The van der Waals surface area contributed by atoms with Crippen LogP contribution in [0.25, 0.3) is 0 Å². The highest BCUT2D eigenvalue weighted by molar-refractivity contribution is 9.10. The highest BCUT2D eigenvalue weighted by atomic mass is 79.9. The van der Waals surface area contributed by atoms with Crippen LogP contribution in [0.5, 0.6) is 0 Å². The third-order valence-corrected chi connectivity index (χ3v) is 4.44. The molecule has 2 rings (SSSR count). The highest BCUT2D eigenvalue weighted by Crippen LogP contribution is 2.33. The molecule has 1 fully saturated rings. The van der Waals surface area contributed by atoms with E-state index in [1.54, 1.807) is 0 Å². The second-order valence-corrected chi connectivity index (χ2v) is 6.17. The molecular formula is C14H17BrClNO2. The van der Waals surface area contributed by atoms with Crippen molar-refractivity contribution in [1.29, 1.82) is 0 Å². The number of carbonyl (C=O) groups is 1. The minimum absolute atomic E-state index is 0.0792. The summed E-state index contributed by atoms with van der Waals surface area (Å²) in [6.45, 7) is 1.93. The molecule has 0 aliphatic carbocycles. The van der Waals surface area contributed by atoms with Crippen molar-refractivity contribution in [2.24, 2.45) is 0 Å². The predicted molar refractivity (Wildman–Crippen MR) is 79.6 cm³/mol. The SMILES string of the molecule is O=C(O)CC(c1ccc(Cl)cc1Br)N1CCCCC1. The monoisotopic (exact) mass is 345 g/mol. The Morgan fingerprint density at radius 1 is 1.37 bits per heavy atom. The molecule has 0 bridgehead atoms. The standard InChI is InChI=1S/C14H17BrClNO2/c15-12-8-10(16)4-5-11(12)13(9-14(18)19)17-6-2-1-3-7-17/h4-5,8,13H,1-3,6-7,9H2,(H,18,19). The lowest BCUT2D eigenvalue weighted by atomic mass is 9.99. The molecule has 1 aliphatic rings. The first-order valence-electron chi connectivity index (χ1n) is 6.48. The molecule has 1 aromatic rings. The number of piperidine rings is 1. The van der Waals surface area contributed by atoms with E-state index in [1.807, 2.05) is 18.2 Å². The molecule has 0 amide bonds. The van der Waals surface area contributed by atoms with Crippen molar-refractivity contribution < 1.29 is 9.90 Å². The van der Waals surface area contributed by atoms with E-state index < -0.39 is 5.97 Å². The number of carboxylic acids is 1. The van der Waals surface area contributed by atoms with Gasteiger partial charge < -0.3 is 5.11 Å². The van der Waals surface area contributed by atoms with Gasteiger partial charge in [-0.1, -0.05) is 40.0 Å². The highest BCUT2D eigenvalue weighted by Gasteiger charge is 2.26. The van der Waals surface area contributed by atoms with Gasteiger partial charge in [-0.15, -0.1) is 0 Å². The zero-order valence-electron chi connectivity index (χ0n) is 10.6. The van der Waals surface area contributed by atoms with Crippen molar-refractivity contribution in [2.45, 2.75) is 31.7 Å². The fraction of sp³-hybridized carbons (Fsp3) is 0.500. The summed E-state index contributed by atoms with van der Waals surface area (Å²) in [4.78, 5) is 13.4. The smallest absolute Gasteiger partial charge is 0.305 e. The average Bonchev–Trinajstić information content (AvgIpc) is 2.37. The molecule has 3 nitrogen and oxygen atoms in total. The van der Waals surface area contributed by atoms with Gasteiger partial charge >= 0.3 is 5.97 Å². The van der Waals surface area contributed by atoms with Gasteiger partial charge in [-0.25, -0.2) is 0 Å². The van der Waals surface area contributed by atoms with E-state index in [2.05, 4.69) is 20.8 Å². The number of benzene rings is 1. The van der Waals surface area contributed by atoms with Gasteiger partial charge in [-0.3, -0.25) is 9.69 Å². The molecule has 1 aliphatic heterocycles. The summed E-state index contributed by atoms with van der Waals surface area (Å²) in [5.41, 5.74) is 1.01. The van der Waals surface area contributed by atoms with Gasteiger partial charge in [0, 0.05) is 15.5 Å². The minimum atomic E-state index is -0.766. The van der Waals surface area contributed by atoms with E-state index in [0.717, 1.165) is 36.0 Å². The van der Waals surface area contributed by atoms with Crippen LogP contribution in [0, 0.1) is 0 Å². The first kappa shape index (κ1) is 14.8. The lowest BCUT2D eigenvalue weighted by Crippen LogP contribution is -2.35. The molecule has 5 heteroatoms.